The number of hydrogen-bond donors (Lipinski definition) is 0. The minimum Gasteiger partial charge on any atom is -0.311 e. The molecule has 0 fully saturated rings. The molecule has 8 aromatic carbocycles. The predicted molar refractivity (Wildman–Crippen MR) is 332 cm³/mol. The van der Waals surface area contributed by atoms with Gasteiger partial charge in [-0.1, -0.05) is 143 Å². The van der Waals surface area contributed by atoms with Crippen molar-refractivity contribution in [2.45, 2.75) is 150 Å². The van der Waals surface area contributed by atoms with Crippen LogP contribution in [-0.4, -0.2) is 6.71 Å². The first-order valence-electron chi connectivity index (χ1n) is 29.4. The number of nitrogens with zero attached hydrogens (tertiary/aromatic N) is 3. The molecule has 13 rings (SSSR count). The molecular formula is C71H74BN3S. The van der Waals surface area contributed by atoms with E-state index in [1.807, 2.05) is 23.5 Å². The molecule has 0 saturated carbocycles. The van der Waals surface area contributed by atoms with Gasteiger partial charge in [0.05, 0.1) is 0 Å². The van der Waals surface area contributed by atoms with Crippen LogP contribution in [0.15, 0.2) is 146 Å². The monoisotopic (exact) mass is 1010 g/mol. The van der Waals surface area contributed by atoms with Crippen molar-refractivity contribution in [2.75, 3.05) is 14.7 Å². The molecule has 0 unspecified atom stereocenters. The van der Waals surface area contributed by atoms with Crippen LogP contribution in [0.4, 0.5) is 51.2 Å². The van der Waals surface area contributed by atoms with E-state index in [0.717, 1.165) is 82.3 Å². The molecule has 76 heavy (non-hydrogen) atoms. The molecular weight excluding hydrogens is 938 g/mol. The normalized spacial score (nSPS) is 18.2. The molecule has 3 nitrogen and oxygen atoms in total. The van der Waals surface area contributed by atoms with Gasteiger partial charge in [0.25, 0.3) is 6.71 Å². The van der Waals surface area contributed by atoms with Crippen LogP contribution in [0.2, 0.25) is 0 Å². The molecule has 9 aromatic rings. The van der Waals surface area contributed by atoms with Crippen LogP contribution in [0.5, 0.6) is 0 Å². The zero-order valence-corrected chi connectivity index (χ0v) is 47.8. The van der Waals surface area contributed by atoms with Gasteiger partial charge in [-0.05, 0) is 213 Å². The van der Waals surface area contributed by atoms with Crippen LogP contribution in [0.25, 0.3) is 20.2 Å². The summed E-state index contributed by atoms with van der Waals surface area (Å²) in [6.07, 6.45) is 4.40. The van der Waals surface area contributed by atoms with Crippen molar-refractivity contribution >= 4 is 106 Å². The van der Waals surface area contributed by atoms with Crippen molar-refractivity contribution in [3.63, 3.8) is 0 Å². The van der Waals surface area contributed by atoms with Crippen molar-refractivity contribution in [1.29, 1.82) is 0 Å². The number of hydrogen-bond acceptors (Lipinski definition) is 4. The topological polar surface area (TPSA) is 9.72 Å². The standard InChI is InChI=1S/C71H74BN3S/c1-43-35-62-66-63(36-43)75(48-24-28-52-53(39-48)69(9,10)32-31-68(52,7)8)61-42-55-54(70(11,12)33-34-71(55,13)14)41-57(61)72(66)56-29-25-49(73(58-21-17-15-19-44(58)2)59-22-18-16-20-45(59)3)40-60(56)74(62)47-26-30-64-51(38-47)50-27-23-46(67(4,5)6)37-65(50)76-64/h15-30,35-42H,31-34H2,1-14H3/i1D3. The largest absolute Gasteiger partial charge is 0.311 e. The van der Waals surface area contributed by atoms with Gasteiger partial charge in [0.15, 0.2) is 0 Å². The Balaban J connectivity index is 1.15. The molecule has 0 radical (unpaired) electrons. The number of benzene rings is 8. The summed E-state index contributed by atoms with van der Waals surface area (Å²) in [7, 11) is 0. The fourth-order valence-corrected chi connectivity index (χ4v) is 15.0. The highest BCUT2D eigenvalue weighted by atomic mass is 32.1. The van der Waals surface area contributed by atoms with Gasteiger partial charge in [-0.25, -0.2) is 0 Å². The number of rotatable bonds is 5. The lowest BCUT2D eigenvalue weighted by Gasteiger charge is -2.48. The molecule has 0 amide bonds. The second kappa shape index (κ2) is 16.7. The first-order valence-corrected chi connectivity index (χ1v) is 28.7. The molecule has 0 spiro atoms. The van der Waals surface area contributed by atoms with Crippen molar-refractivity contribution in [1.82, 2.24) is 0 Å². The highest BCUT2D eigenvalue weighted by Gasteiger charge is 2.47. The van der Waals surface area contributed by atoms with E-state index >= 15 is 0 Å². The minimum atomic E-state index is -2.41. The van der Waals surface area contributed by atoms with Gasteiger partial charge in [0, 0.05) is 75.5 Å². The fourth-order valence-electron chi connectivity index (χ4n) is 13.9. The van der Waals surface area contributed by atoms with Crippen LogP contribution in [-0.2, 0) is 27.1 Å². The SMILES string of the molecule is [2H]C([2H])([2H])c1cc2c3c(c1)N(c1ccc4c(c1)C(C)(C)CCC4(C)C)c1cc4c(cc1B3c1ccc(N(c3ccccc3C)c3ccccc3C)cc1N2c1ccc2sc3cc(C(C)(C)C)ccc3c2c1)C(C)(C)CCC4(C)C. The number of thiophene rings is 1. The van der Waals surface area contributed by atoms with Gasteiger partial charge in [0.2, 0.25) is 0 Å². The lowest BCUT2D eigenvalue weighted by Crippen LogP contribution is -2.62. The average molecular weight is 1020 g/mol. The van der Waals surface area contributed by atoms with E-state index in [4.69, 9.17) is 0 Å². The van der Waals surface area contributed by atoms with Crippen LogP contribution >= 0.6 is 11.3 Å². The van der Waals surface area contributed by atoms with Crippen LogP contribution in [0, 0.1) is 20.7 Å². The summed E-state index contributed by atoms with van der Waals surface area (Å²) >= 11 is 1.85. The van der Waals surface area contributed by atoms with E-state index in [9.17, 15) is 4.11 Å². The summed E-state index contributed by atoms with van der Waals surface area (Å²) in [5.74, 6) is 0. The third-order valence-electron chi connectivity index (χ3n) is 18.7. The maximum absolute atomic E-state index is 9.35. The van der Waals surface area contributed by atoms with Gasteiger partial charge < -0.3 is 14.7 Å². The summed E-state index contributed by atoms with van der Waals surface area (Å²) in [6.45, 7) is 27.9. The highest BCUT2D eigenvalue weighted by Crippen LogP contribution is 2.54. The number of aryl methyl sites for hydroxylation is 3. The van der Waals surface area contributed by atoms with Gasteiger partial charge in [-0.2, -0.15) is 0 Å². The summed E-state index contributed by atoms with van der Waals surface area (Å²) in [5, 5.41) is 2.43. The van der Waals surface area contributed by atoms with Crippen LogP contribution < -0.4 is 31.1 Å². The molecule has 0 N–H and O–H groups in total. The van der Waals surface area contributed by atoms with Crippen LogP contribution in [0.1, 0.15) is 150 Å². The number of fused-ring (bicyclic) bond motifs is 9. The first kappa shape index (κ1) is 45.6. The van der Waals surface area contributed by atoms with Gasteiger partial charge >= 0.3 is 0 Å². The third-order valence-corrected chi connectivity index (χ3v) is 19.8. The fraction of sp³-hybridized carbons (Fsp3) is 0.324. The summed E-state index contributed by atoms with van der Waals surface area (Å²) in [4.78, 5) is 7.33. The van der Waals surface area contributed by atoms with E-state index in [0.29, 0.717) is 5.56 Å². The Morgan fingerprint density at radius 2 is 1.05 bits per heavy atom. The molecule has 0 saturated heterocycles. The molecule has 1 aromatic heterocycles. The van der Waals surface area contributed by atoms with E-state index in [1.165, 1.54) is 70.0 Å². The van der Waals surface area contributed by atoms with Gasteiger partial charge in [0.1, 0.15) is 0 Å². The first-order chi connectivity index (χ1) is 37.2. The number of para-hydroxylation sites is 2. The molecule has 0 atom stereocenters. The lowest BCUT2D eigenvalue weighted by molar-refractivity contribution is 0.332. The second-order valence-electron chi connectivity index (χ2n) is 26.6. The Labute approximate surface area is 461 Å². The zero-order valence-electron chi connectivity index (χ0n) is 50.0. The molecule has 2 aliphatic heterocycles. The average Bonchev–Trinajstić information content (AvgIpc) is 3.94. The number of anilines is 9. The lowest BCUT2D eigenvalue weighted by atomic mass is 9.33. The minimum absolute atomic E-state index is 0.0161. The second-order valence-corrected chi connectivity index (χ2v) is 27.7. The van der Waals surface area contributed by atoms with Crippen molar-refractivity contribution in [3.8, 4) is 0 Å². The van der Waals surface area contributed by atoms with Crippen molar-refractivity contribution in [2.24, 2.45) is 0 Å². The zero-order chi connectivity index (χ0) is 55.7. The van der Waals surface area contributed by atoms with Gasteiger partial charge in [-0.3, -0.25) is 0 Å². The third kappa shape index (κ3) is 7.49. The van der Waals surface area contributed by atoms with E-state index in [1.54, 1.807) is 0 Å². The Morgan fingerprint density at radius 3 is 1.66 bits per heavy atom. The molecule has 4 aliphatic rings. The molecule has 5 heteroatoms. The Bertz CT molecular complexity index is 3970. The Hall–Kier alpha value is -6.56. The van der Waals surface area contributed by atoms with Crippen molar-refractivity contribution in [3.05, 3.63) is 190 Å². The molecule has 3 heterocycles. The van der Waals surface area contributed by atoms with E-state index in [-0.39, 0.29) is 33.8 Å². The summed E-state index contributed by atoms with van der Waals surface area (Å²) in [6, 6.07) is 54.8. The molecule has 0 bridgehead atoms. The molecule has 382 valence electrons. The smallest absolute Gasteiger partial charge is 0.252 e. The van der Waals surface area contributed by atoms with Crippen molar-refractivity contribution < 1.29 is 4.11 Å². The van der Waals surface area contributed by atoms with E-state index < -0.39 is 6.85 Å². The quantitative estimate of drug-likeness (QED) is 0.159. The predicted octanol–water partition coefficient (Wildman–Crippen LogP) is 18.5. The summed E-state index contributed by atoms with van der Waals surface area (Å²) < 4.78 is 30.6. The Morgan fingerprint density at radius 1 is 0.500 bits per heavy atom. The van der Waals surface area contributed by atoms with Crippen LogP contribution in [0.3, 0.4) is 0 Å². The van der Waals surface area contributed by atoms with Gasteiger partial charge in [-0.15, -0.1) is 11.3 Å². The highest BCUT2D eigenvalue weighted by molar-refractivity contribution is 7.25. The summed E-state index contributed by atoms with van der Waals surface area (Å²) in [5.41, 5.74) is 22.4. The van der Waals surface area contributed by atoms with E-state index in [2.05, 4.69) is 238 Å². The molecule has 2 aliphatic carbocycles. The Kier molecular flexibility index (Phi) is 10.0. The maximum atomic E-state index is 9.35. The maximum Gasteiger partial charge on any atom is 0.252 e.